The van der Waals surface area contributed by atoms with Gasteiger partial charge in [0.1, 0.15) is 0 Å². The molecule has 0 saturated heterocycles. The van der Waals surface area contributed by atoms with Gasteiger partial charge in [0.05, 0.1) is 11.1 Å². The lowest BCUT2D eigenvalue weighted by Gasteiger charge is -2.09. The summed E-state index contributed by atoms with van der Waals surface area (Å²) < 4.78 is 25.5. The molecule has 2 aromatic carbocycles. The molecule has 0 aliphatic rings. The first kappa shape index (κ1) is 15.2. The van der Waals surface area contributed by atoms with Crippen LogP contribution in [-0.2, 0) is 17.3 Å². The van der Waals surface area contributed by atoms with E-state index < -0.39 is 10.2 Å². The maximum atomic E-state index is 12.1. The van der Waals surface area contributed by atoms with Gasteiger partial charge >= 0.3 is 0 Å². The Kier molecular flexibility index (Phi) is 3.63. The first-order valence-corrected chi connectivity index (χ1v) is 8.27. The molecule has 3 N–H and O–H groups in total. The average Bonchev–Trinajstić information content (AvgIpc) is 2.50. The Bertz CT molecular complexity index is 1040. The van der Waals surface area contributed by atoms with Crippen LogP contribution < -0.4 is 15.4 Å². The minimum atomic E-state index is -3.81. The van der Waals surface area contributed by atoms with E-state index in [-0.39, 0.29) is 5.56 Å². The summed E-state index contributed by atoms with van der Waals surface area (Å²) in [5, 5.41) is 10.6. The van der Waals surface area contributed by atoms with Crippen molar-refractivity contribution in [2.45, 2.75) is 0 Å². The maximum absolute atomic E-state index is 12.1. The third-order valence-electron chi connectivity index (χ3n) is 3.37. The van der Waals surface area contributed by atoms with E-state index in [9.17, 15) is 13.2 Å². The summed E-state index contributed by atoms with van der Waals surface area (Å²) in [5.74, 6) is 0. The van der Waals surface area contributed by atoms with Crippen molar-refractivity contribution in [1.29, 1.82) is 0 Å². The standard InChI is InChI=1S/C15H14N4O3S/c1-19-15(20)13-5-3-2-4-12(13)14(17-19)10-6-8-11(9-7-10)18-23(16,21)22/h2-9,18H,1H3,(H2,16,21,22). The lowest BCUT2D eigenvalue weighted by molar-refractivity contribution is 0.603. The lowest BCUT2D eigenvalue weighted by Crippen LogP contribution is -2.21. The molecule has 7 nitrogen and oxygen atoms in total. The number of nitrogens with one attached hydrogen (secondary N) is 1. The molecular formula is C15H14N4O3S. The van der Waals surface area contributed by atoms with Gasteiger partial charge in [-0.3, -0.25) is 9.52 Å². The fourth-order valence-electron chi connectivity index (χ4n) is 2.37. The third-order valence-corrected chi connectivity index (χ3v) is 3.90. The van der Waals surface area contributed by atoms with Crippen LogP contribution in [0.4, 0.5) is 5.69 Å². The van der Waals surface area contributed by atoms with Crippen LogP contribution in [0.15, 0.2) is 53.3 Å². The number of anilines is 1. The van der Waals surface area contributed by atoms with Crippen LogP contribution in [0, 0.1) is 0 Å². The van der Waals surface area contributed by atoms with Crippen molar-refractivity contribution < 1.29 is 8.42 Å². The van der Waals surface area contributed by atoms with Gasteiger partial charge in [-0.1, -0.05) is 30.3 Å². The smallest absolute Gasteiger partial charge is 0.271 e. The molecule has 0 radical (unpaired) electrons. The number of fused-ring (bicyclic) bond motifs is 1. The Labute approximate surface area is 132 Å². The van der Waals surface area contributed by atoms with Gasteiger partial charge in [-0.15, -0.1) is 0 Å². The molecule has 1 aromatic heterocycles. The molecule has 1 heterocycles. The largest absolute Gasteiger partial charge is 0.296 e. The Morgan fingerprint density at radius 1 is 1.04 bits per heavy atom. The highest BCUT2D eigenvalue weighted by molar-refractivity contribution is 7.90. The third kappa shape index (κ3) is 3.08. The van der Waals surface area contributed by atoms with E-state index in [1.54, 1.807) is 43.4 Å². The Morgan fingerprint density at radius 2 is 1.65 bits per heavy atom. The number of hydrogen-bond acceptors (Lipinski definition) is 4. The van der Waals surface area contributed by atoms with E-state index in [4.69, 9.17) is 5.14 Å². The highest BCUT2D eigenvalue weighted by Gasteiger charge is 2.10. The van der Waals surface area contributed by atoms with E-state index in [0.717, 1.165) is 10.9 Å². The van der Waals surface area contributed by atoms with E-state index in [1.165, 1.54) is 4.68 Å². The second-order valence-electron chi connectivity index (χ2n) is 5.05. The number of benzene rings is 2. The van der Waals surface area contributed by atoms with Crippen molar-refractivity contribution in [1.82, 2.24) is 9.78 Å². The van der Waals surface area contributed by atoms with E-state index in [1.807, 2.05) is 12.1 Å². The number of rotatable bonds is 3. The minimum Gasteiger partial charge on any atom is -0.271 e. The van der Waals surface area contributed by atoms with Crippen molar-refractivity contribution in [2.75, 3.05) is 4.72 Å². The molecule has 3 rings (SSSR count). The predicted molar refractivity (Wildman–Crippen MR) is 89.1 cm³/mol. The number of nitrogens with two attached hydrogens (primary N) is 1. The number of aryl methyl sites for hydroxylation is 1. The molecule has 23 heavy (non-hydrogen) atoms. The molecule has 0 unspecified atom stereocenters. The van der Waals surface area contributed by atoms with Crippen LogP contribution in [0.5, 0.6) is 0 Å². The van der Waals surface area contributed by atoms with Gasteiger partial charge in [0.15, 0.2) is 0 Å². The van der Waals surface area contributed by atoms with Crippen LogP contribution in [0.3, 0.4) is 0 Å². The summed E-state index contributed by atoms with van der Waals surface area (Å²) in [6.45, 7) is 0. The molecule has 0 spiro atoms. The highest BCUT2D eigenvalue weighted by Crippen LogP contribution is 2.25. The number of nitrogens with zero attached hydrogens (tertiary/aromatic N) is 2. The molecule has 118 valence electrons. The van der Waals surface area contributed by atoms with Crippen LogP contribution in [0.25, 0.3) is 22.0 Å². The van der Waals surface area contributed by atoms with Crippen molar-refractivity contribution in [3.8, 4) is 11.3 Å². The fourth-order valence-corrected chi connectivity index (χ4v) is 2.84. The zero-order valence-electron chi connectivity index (χ0n) is 12.2. The molecule has 8 heteroatoms. The van der Waals surface area contributed by atoms with Crippen LogP contribution in [0.1, 0.15) is 0 Å². The fraction of sp³-hybridized carbons (Fsp3) is 0.0667. The quantitative estimate of drug-likeness (QED) is 0.752. The lowest BCUT2D eigenvalue weighted by atomic mass is 10.0. The Hall–Kier alpha value is -2.71. The topological polar surface area (TPSA) is 107 Å². The van der Waals surface area contributed by atoms with Crippen LogP contribution >= 0.6 is 0 Å². The van der Waals surface area contributed by atoms with E-state index in [2.05, 4.69) is 9.82 Å². The Morgan fingerprint density at radius 3 is 2.26 bits per heavy atom. The molecule has 0 bridgehead atoms. The van der Waals surface area contributed by atoms with Gasteiger partial charge in [-0.2, -0.15) is 13.5 Å². The first-order chi connectivity index (χ1) is 10.8. The first-order valence-electron chi connectivity index (χ1n) is 6.72. The van der Waals surface area contributed by atoms with Crippen molar-refractivity contribution in [2.24, 2.45) is 12.2 Å². The van der Waals surface area contributed by atoms with Crippen molar-refractivity contribution >= 4 is 26.7 Å². The number of hydrogen-bond donors (Lipinski definition) is 2. The second-order valence-corrected chi connectivity index (χ2v) is 6.34. The number of aromatic nitrogens is 2. The van der Waals surface area contributed by atoms with E-state index in [0.29, 0.717) is 16.8 Å². The predicted octanol–water partition coefficient (Wildman–Crippen LogP) is 1.22. The second kappa shape index (κ2) is 5.49. The molecule has 0 saturated carbocycles. The maximum Gasteiger partial charge on any atom is 0.296 e. The summed E-state index contributed by atoms with van der Waals surface area (Å²) >= 11 is 0. The van der Waals surface area contributed by atoms with Crippen molar-refractivity contribution in [3.63, 3.8) is 0 Å². The zero-order valence-corrected chi connectivity index (χ0v) is 13.0. The van der Waals surface area contributed by atoms with E-state index >= 15 is 0 Å². The van der Waals surface area contributed by atoms with Gasteiger partial charge in [-0.25, -0.2) is 9.82 Å². The van der Waals surface area contributed by atoms with Crippen LogP contribution in [-0.4, -0.2) is 18.2 Å². The van der Waals surface area contributed by atoms with Crippen molar-refractivity contribution in [3.05, 3.63) is 58.9 Å². The van der Waals surface area contributed by atoms with Gasteiger partial charge in [0.2, 0.25) is 0 Å². The highest BCUT2D eigenvalue weighted by atomic mass is 32.2. The normalized spacial score (nSPS) is 11.6. The summed E-state index contributed by atoms with van der Waals surface area (Å²) in [7, 11) is -2.22. The summed E-state index contributed by atoms with van der Waals surface area (Å²) in [6, 6.07) is 13.8. The molecule has 0 atom stereocenters. The summed E-state index contributed by atoms with van der Waals surface area (Å²) in [6.07, 6.45) is 0. The van der Waals surface area contributed by atoms with Gasteiger partial charge in [0, 0.05) is 23.7 Å². The molecule has 0 fully saturated rings. The SMILES string of the molecule is Cn1nc(-c2ccc(NS(N)(=O)=O)cc2)c2ccccc2c1=O. The molecule has 0 aliphatic heterocycles. The van der Waals surface area contributed by atoms with Crippen LogP contribution in [0.2, 0.25) is 0 Å². The van der Waals surface area contributed by atoms with Gasteiger partial charge < -0.3 is 0 Å². The molecule has 0 amide bonds. The Balaban J connectivity index is 2.14. The molecule has 0 aliphatic carbocycles. The summed E-state index contributed by atoms with van der Waals surface area (Å²) in [5.41, 5.74) is 1.59. The molecule has 3 aromatic rings. The van der Waals surface area contributed by atoms with Gasteiger partial charge in [-0.05, 0) is 18.2 Å². The monoisotopic (exact) mass is 330 g/mol. The molecular weight excluding hydrogens is 316 g/mol. The zero-order chi connectivity index (χ0) is 16.6. The average molecular weight is 330 g/mol. The summed E-state index contributed by atoms with van der Waals surface area (Å²) in [4.78, 5) is 12.1. The van der Waals surface area contributed by atoms with Gasteiger partial charge in [0.25, 0.3) is 15.8 Å². The minimum absolute atomic E-state index is 0.170.